The molecule has 19 heavy (non-hydrogen) atoms. The first-order chi connectivity index (χ1) is 9.28. The Morgan fingerprint density at radius 2 is 2.37 bits per heavy atom. The quantitative estimate of drug-likeness (QED) is 0.812. The Morgan fingerprint density at radius 3 is 3.00 bits per heavy atom. The third kappa shape index (κ3) is 5.42. The summed E-state index contributed by atoms with van der Waals surface area (Å²) >= 11 is 7.71. The molecule has 0 radical (unpaired) electrons. The van der Waals surface area contributed by atoms with Crippen molar-refractivity contribution in [3.63, 3.8) is 0 Å². The first-order valence-corrected chi connectivity index (χ1v) is 8.56. The van der Waals surface area contributed by atoms with E-state index in [4.69, 9.17) is 16.3 Å². The summed E-state index contributed by atoms with van der Waals surface area (Å²) < 4.78 is 6.76. The fourth-order valence-electron chi connectivity index (χ4n) is 2.60. The summed E-state index contributed by atoms with van der Waals surface area (Å²) in [6.07, 6.45) is 7.56. The van der Waals surface area contributed by atoms with Gasteiger partial charge in [-0.15, -0.1) is 11.3 Å². The number of hydrogen-bond donors (Lipinski definition) is 1. The first kappa shape index (κ1) is 15.3. The van der Waals surface area contributed by atoms with Gasteiger partial charge in [0.1, 0.15) is 0 Å². The molecule has 2 heterocycles. The van der Waals surface area contributed by atoms with Gasteiger partial charge in [-0.1, -0.05) is 18.5 Å². The standard InChI is InChI=1S/C15H24ClNOS/c1-2-8-17-12(10-13-5-3-4-9-18-13)11-14-6-7-15(16)19-14/h6-7,12-13,17H,2-5,8-11H2,1H3. The van der Waals surface area contributed by atoms with Crippen LogP contribution in [-0.2, 0) is 11.2 Å². The average Bonchev–Trinajstić information content (AvgIpc) is 2.82. The Hall–Kier alpha value is -0.0900. The fourth-order valence-corrected chi connectivity index (χ4v) is 3.77. The summed E-state index contributed by atoms with van der Waals surface area (Å²) in [6.45, 7) is 4.23. The monoisotopic (exact) mass is 301 g/mol. The maximum absolute atomic E-state index is 6.01. The van der Waals surface area contributed by atoms with Crippen LogP contribution in [0, 0.1) is 0 Å². The molecule has 0 saturated carbocycles. The molecule has 0 aromatic carbocycles. The van der Waals surface area contributed by atoms with Crippen molar-refractivity contribution < 1.29 is 4.74 Å². The highest BCUT2D eigenvalue weighted by atomic mass is 35.5. The predicted molar refractivity (Wildman–Crippen MR) is 83.3 cm³/mol. The summed E-state index contributed by atoms with van der Waals surface area (Å²) in [7, 11) is 0. The van der Waals surface area contributed by atoms with E-state index < -0.39 is 0 Å². The minimum Gasteiger partial charge on any atom is -0.378 e. The molecule has 2 unspecified atom stereocenters. The van der Waals surface area contributed by atoms with Crippen LogP contribution in [0.5, 0.6) is 0 Å². The summed E-state index contributed by atoms with van der Waals surface area (Å²) in [5.41, 5.74) is 0. The molecule has 1 N–H and O–H groups in total. The van der Waals surface area contributed by atoms with Gasteiger partial charge in [0.25, 0.3) is 0 Å². The van der Waals surface area contributed by atoms with Gasteiger partial charge in [-0.3, -0.25) is 0 Å². The van der Waals surface area contributed by atoms with Crippen LogP contribution in [0.25, 0.3) is 0 Å². The molecular formula is C15H24ClNOS. The van der Waals surface area contributed by atoms with Gasteiger partial charge in [-0.05, 0) is 57.2 Å². The predicted octanol–water partition coefficient (Wildman–Crippen LogP) is 4.27. The van der Waals surface area contributed by atoms with Crippen LogP contribution in [-0.4, -0.2) is 25.3 Å². The van der Waals surface area contributed by atoms with Crippen molar-refractivity contribution in [1.82, 2.24) is 5.32 Å². The van der Waals surface area contributed by atoms with E-state index in [0.717, 1.165) is 30.3 Å². The lowest BCUT2D eigenvalue weighted by Gasteiger charge is -2.27. The van der Waals surface area contributed by atoms with Gasteiger partial charge < -0.3 is 10.1 Å². The molecule has 2 atom stereocenters. The molecule has 0 bridgehead atoms. The van der Waals surface area contributed by atoms with Crippen LogP contribution in [0.15, 0.2) is 12.1 Å². The highest BCUT2D eigenvalue weighted by Crippen LogP contribution is 2.24. The maximum Gasteiger partial charge on any atom is 0.0931 e. The van der Waals surface area contributed by atoms with Crippen LogP contribution in [0.3, 0.4) is 0 Å². The van der Waals surface area contributed by atoms with E-state index in [1.807, 2.05) is 6.07 Å². The molecular weight excluding hydrogens is 278 g/mol. The molecule has 0 amide bonds. The van der Waals surface area contributed by atoms with E-state index in [-0.39, 0.29) is 0 Å². The van der Waals surface area contributed by atoms with Crippen molar-refractivity contribution in [2.45, 2.75) is 57.6 Å². The molecule has 2 nitrogen and oxygen atoms in total. The van der Waals surface area contributed by atoms with Crippen molar-refractivity contribution in [2.75, 3.05) is 13.2 Å². The summed E-state index contributed by atoms with van der Waals surface area (Å²) in [5, 5.41) is 3.66. The van der Waals surface area contributed by atoms with E-state index in [1.165, 1.54) is 30.6 Å². The molecule has 1 saturated heterocycles. The van der Waals surface area contributed by atoms with Gasteiger partial charge in [0.05, 0.1) is 10.4 Å². The normalized spacial score (nSPS) is 21.5. The molecule has 2 rings (SSSR count). The average molecular weight is 302 g/mol. The van der Waals surface area contributed by atoms with E-state index in [1.54, 1.807) is 11.3 Å². The summed E-state index contributed by atoms with van der Waals surface area (Å²) in [4.78, 5) is 1.37. The number of halogens is 1. The Kier molecular flexibility index (Phi) is 6.65. The van der Waals surface area contributed by atoms with Crippen LogP contribution >= 0.6 is 22.9 Å². The van der Waals surface area contributed by atoms with E-state index in [0.29, 0.717) is 12.1 Å². The van der Waals surface area contributed by atoms with Crippen molar-refractivity contribution in [2.24, 2.45) is 0 Å². The first-order valence-electron chi connectivity index (χ1n) is 7.37. The maximum atomic E-state index is 6.01. The fraction of sp³-hybridized carbons (Fsp3) is 0.733. The number of rotatable bonds is 7. The van der Waals surface area contributed by atoms with Gasteiger partial charge in [-0.2, -0.15) is 0 Å². The Labute approximate surface area is 125 Å². The number of thiophene rings is 1. The lowest BCUT2D eigenvalue weighted by molar-refractivity contribution is 0.00531. The largest absolute Gasteiger partial charge is 0.378 e. The second kappa shape index (κ2) is 8.25. The minimum atomic E-state index is 0.443. The van der Waals surface area contributed by atoms with Gasteiger partial charge in [0.15, 0.2) is 0 Å². The van der Waals surface area contributed by atoms with Crippen molar-refractivity contribution >= 4 is 22.9 Å². The third-order valence-electron chi connectivity index (χ3n) is 3.58. The lowest BCUT2D eigenvalue weighted by atomic mass is 9.99. The summed E-state index contributed by atoms with van der Waals surface area (Å²) in [5.74, 6) is 0. The van der Waals surface area contributed by atoms with Gasteiger partial charge in [0, 0.05) is 17.5 Å². The zero-order valence-corrected chi connectivity index (χ0v) is 13.2. The Balaban J connectivity index is 1.86. The number of hydrogen-bond acceptors (Lipinski definition) is 3. The molecule has 108 valence electrons. The SMILES string of the molecule is CCCNC(Cc1ccc(Cl)s1)CC1CCCCO1. The van der Waals surface area contributed by atoms with Crippen LogP contribution in [0.2, 0.25) is 4.34 Å². The van der Waals surface area contributed by atoms with E-state index >= 15 is 0 Å². The molecule has 1 aliphatic heterocycles. The van der Waals surface area contributed by atoms with Gasteiger partial charge in [-0.25, -0.2) is 0 Å². The summed E-state index contributed by atoms with van der Waals surface area (Å²) in [6, 6.07) is 4.66. The zero-order valence-electron chi connectivity index (χ0n) is 11.7. The van der Waals surface area contributed by atoms with Crippen molar-refractivity contribution in [3.05, 3.63) is 21.3 Å². The van der Waals surface area contributed by atoms with E-state index in [2.05, 4.69) is 18.3 Å². The van der Waals surface area contributed by atoms with Crippen LogP contribution < -0.4 is 5.32 Å². The van der Waals surface area contributed by atoms with E-state index in [9.17, 15) is 0 Å². The molecule has 1 aromatic rings. The Morgan fingerprint density at radius 1 is 1.47 bits per heavy atom. The zero-order chi connectivity index (χ0) is 13.5. The highest BCUT2D eigenvalue weighted by molar-refractivity contribution is 7.16. The third-order valence-corrected chi connectivity index (χ3v) is 4.83. The van der Waals surface area contributed by atoms with Gasteiger partial charge >= 0.3 is 0 Å². The van der Waals surface area contributed by atoms with Crippen LogP contribution in [0.1, 0.15) is 43.9 Å². The molecule has 1 aromatic heterocycles. The van der Waals surface area contributed by atoms with Crippen LogP contribution in [0.4, 0.5) is 0 Å². The number of nitrogens with one attached hydrogen (secondary N) is 1. The molecule has 1 aliphatic rings. The minimum absolute atomic E-state index is 0.443. The lowest BCUT2D eigenvalue weighted by Crippen LogP contribution is -2.36. The number of ether oxygens (including phenoxy) is 1. The van der Waals surface area contributed by atoms with Gasteiger partial charge in [0.2, 0.25) is 0 Å². The Bertz CT molecular complexity index is 363. The molecule has 1 fully saturated rings. The molecule has 0 aliphatic carbocycles. The topological polar surface area (TPSA) is 21.3 Å². The molecule has 4 heteroatoms. The van der Waals surface area contributed by atoms with Crippen molar-refractivity contribution in [1.29, 1.82) is 0 Å². The molecule has 0 spiro atoms. The highest BCUT2D eigenvalue weighted by Gasteiger charge is 2.20. The second-order valence-electron chi connectivity index (χ2n) is 5.29. The second-order valence-corrected chi connectivity index (χ2v) is 7.08. The van der Waals surface area contributed by atoms with Crippen molar-refractivity contribution in [3.8, 4) is 0 Å². The smallest absolute Gasteiger partial charge is 0.0931 e.